The number of urea groups is 1. The summed E-state index contributed by atoms with van der Waals surface area (Å²) in [7, 11) is -3.86. The highest BCUT2D eigenvalue weighted by Crippen LogP contribution is 2.23. The minimum atomic E-state index is -3.86. The van der Waals surface area contributed by atoms with Crippen LogP contribution in [0.15, 0.2) is 53.9 Å². The van der Waals surface area contributed by atoms with Gasteiger partial charge in [-0.25, -0.2) is 17.9 Å². The standard InChI is InChI=1S/C28H38N2O4S/c1-3-4-20-34-27-16-14-24(15-17-27)10-7-11-25-12-8-19-30(22-25)28(31)29-35(32,33)21-18-26-13-6-5-9-23(26)2/h5-6,9,13-18,21,25H,3-4,7-8,10-12,19-20,22H2,1-2H3,(H,29,31). The molecule has 3 rings (SSSR count). The first kappa shape index (κ1) is 26.8. The molecule has 190 valence electrons. The molecule has 35 heavy (non-hydrogen) atoms. The Bertz CT molecular complexity index is 1080. The van der Waals surface area contributed by atoms with Gasteiger partial charge in [-0.2, -0.15) is 0 Å². The van der Waals surface area contributed by atoms with Gasteiger partial charge in [0.1, 0.15) is 5.75 Å². The lowest BCUT2D eigenvalue weighted by Crippen LogP contribution is -2.46. The Morgan fingerprint density at radius 3 is 2.66 bits per heavy atom. The number of ether oxygens (including phenoxy) is 1. The highest BCUT2D eigenvalue weighted by molar-refractivity contribution is 7.93. The van der Waals surface area contributed by atoms with Gasteiger partial charge < -0.3 is 9.64 Å². The molecule has 1 N–H and O–H groups in total. The van der Waals surface area contributed by atoms with Crippen molar-refractivity contribution in [3.63, 3.8) is 0 Å². The van der Waals surface area contributed by atoms with Crippen LogP contribution in [0.1, 0.15) is 62.1 Å². The number of sulfonamides is 1. The molecule has 1 unspecified atom stereocenters. The first-order valence-electron chi connectivity index (χ1n) is 12.6. The van der Waals surface area contributed by atoms with Crippen molar-refractivity contribution in [2.24, 2.45) is 5.92 Å². The molecule has 0 saturated carbocycles. The van der Waals surface area contributed by atoms with E-state index in [9.17, 15) is 13.2 Å². The fourth-order valence-electron chi connectivity index (χ4n) is 4.32. The van der Waals surface area contributed by atoms with Crippen LogP contribution >= 0.6 is 0 Å². The number of nitrogens with zero attached hydrogens (tertiary/aromatic N) is 1. The number of piperidine rings is 1. The third kappa shape index (κ3) is 9.06. The zero-order chi connectivity index (χ0) is 25.1. The molecule has 0 aromatic heterocycles. The second-order valence-electron chi connectivity index (χ2n) is 9.30. The van der Waals surface area contributed by atoms with Crippen molar-refractivity contribution in [1.29, 1.82) is 0 Å². The molecule has 2 amide bonds. The Morgan fingerprint density at radius 2 is 1.91 bits per heavy atom. The molecule has 0 bridgehead atoms. The summed E-state index contributed by atoms with van der Waals surface area (Å²) in [6.45, 7) is 5.99. The molecule has 1 aliphatic heterocycles. The maximum Gasteiger partial charge on any atom is 0.331 e. The zero-order valence-corrected chi connectivity index (χ0v) is 21.7. The quantitative estimate of drug-likeness (QED) is 0.390. The summed E-state index contributed by atoms with van der Waals surface area (Å²) in [4.78, 5) is 14.3. The molecular formula is C28H38N2O4S. The van der Waals surface area contributed by atoms with E-state index in [0.29, 0.717) is 19.0 Å². The third-order valence-electron chi connectivity index (χ3n) is 6.42. The number of carbonyl (C=O) groups excluding carboxylic acids is 1. The number of benzene rings is 2. The summed E-state index contributed by atoms with van der Waals surface area (Å²) < 4.78 is 32.8. The molecule has 1 fully saturated rings. The lowest BCUT2D eigenvalue weighted by molar-refractivity contribution is 0.166. The second kappa shape index (κ2) is 13.3. The van der Waals surface area contributed by atoms with E-state index in [1.807, 2.05) is 43.3 Å². The van der Waals surface area contributed by atoms with Crippen molar-refractivity contribution in [2.45, 2.75) is 58.8 Å². The number of hydrogen-bond acceptors (Lipinski definition) is 4. The number of carbonyl (C=O) groups is 1. The molecule has 1 heterocycles. The van der Waals surface area contributed by atoms with Gasteiger partial charge in [0.25, 0.3) is 10.0 Å². The molecule has 1 aliphatic rings. The van der Waals surface area contributed by atoms with E-state index in [1.165, 1.54) is 11.6 Å². The number of amides is 2. The Labute approximate surface area is 210 Å². The largest absolute Gasteiger partial charge is 0.494 e. The summed E-state index contributed by atoms with van der Waals surface area (Å²) >= 11 is 0. The van der Waals surface area contributed by atoms with E-state index in [1.54, 1.807) is 4.90 Å². The Balaban J connectivity index is 1.43. The number of nitrogens with one attached hydrogen (secondary N) is 1. The maximum absolute atomic E-state index is 12.6. The Hall–Kier alpha value is -2.80. The van der Waals surface area contributed by atoms with Gasteiger partial charge >= 0.3 is 6.03 Å². The monoisotopic (exact) mass is 498 g/mol. The second-order valence-corrected chi connectivity index (χ2v) is 10.9. The number of rotatable bonds is 11. The maximum atomic E-state index is 12.6. The van der Waals surface area contributed by atoms with E-state index in [-0.39, 0.29) is 0 Å². The van der Waals surface area contributed by atoms with E-state index >= 15 is 0 Å². The normalized spacial score (nSPS) is 16.4. The highest BCUT2D eigenvalue weighted by atomic mass is 32.2. The zero-order valence-electron chi connectivity index (χ0n) is 20.9. The summed E-state index contributed by atoms with van der Waals surface area (Å²) in [5.74, 6) is 1.30. The average molecular weight is 499 g/mol. The average Bonchev–Trinajstić information content (AvgIpc) is 2.85. The van der Waals surface area contributed by atoms with Gasteiger partial charge in [0.2, 0.25) is 0 Å². The molecule has 6 nitrogen and oxygen atoms in total. The van der Waals surface area contributed by atoms with Crippen molar-refractivity contribution in [1.82, 2.24) is 9.62 Å². The van der Waals surface area contributed by atoms with Crippen molar-refractivity contribution >= 4 is 22.1 Å². The van der Waals surface area contributed by atoms with Crippen LogP contribution in [0.2, 0.25) is 0 Å². The number of aryl methyl sites for hydroxylation is 2. The first-order valence-corrected chi connectivity index (χ1v) is 14.2. The lowest BCUT2D eigenvalue weighted by Gasteiger charge is -2.32. The van der Waals surface area contributed by atoms with Gasteiger partial charge in [0.05, 0.1) is 12.0 Å². The molecule has 0 aliphatic carbocycles. The van der Waals surface area contributed by atoms with Gasteiger partial charge in [-0.15, -0.1) is 0 Å². The van der Waals surface area contributed by atoms with Crippen LogP contribution in [0.25, 0.3) is 6.08 Å². The smallest absolute Gasteiger partial charge is 0.331 e. The van der Waals surface area contributed by atoms with Crippen LogP contribution in [-0.2, 0) is 16.4 Å². The van der Waals surface area contributed by atoms with Crippen molar-refractivity contribution in [3.8, 4) is 5.75 Å². The van der Waals surface area contributed by atoms with Gasteiger partial charge in [0.15, 0.2) is 0 Å². The van der Waals surface area contributed by atoms with E-state index in [0.717, 1.165) is 73.8 Å². The molecule has 2 aromatic rings. The molecule has 1 atom stereocenters. The summed E-state index contributed by atoms with van der Waals surface area (Å²) in [5.41, 5.74) is 3.06. The van der Waals surface area contributed by atoms with Gasteiger partial charge in [-0.3, -0.25) is 0 Å². The topological polar surface area (TPSA) is 75.7 Å². The molecule has 2 aromatic carbocycles. The van der Waals surface area contributed by atoms with Gasteiger partial charge in [-0.1, -0.05) is 49.7 Å². The summed E-state index contributed by atoms with van der Waals surface area (Å²) in [6, 6.07) is 15.3. The van der Waals surface area contributed by atoms with Crippen LogP contribution in [-0.4, -0.2) is 39.0 Å². The molecular weight excluding hydrogens is 460 g/mol. The van der Waals surface area contributed by atoms with Crippen molar-refractivity contribution in [3.05, 3.63) is 70.6 Å². The number of hydrogen-bond donors (Lipinski definition) is 1. The fourth-order valence-corrected chi connectivity index (χ4v) is 5.09. The fraction of sp³-hybridized carbons (Fsp3) is 0.464. The molecule has 0 radical (unpaired) electrons. The third-order valence-corrected chi connectivity index (χ3v) is 7.37. The van der Waals surface area contributed by atoms with Gasteiger partial charge in [0, 0.05) is 13.1 Å². The summed E-state index contributed by atoms with van der Waals surface area (Å²) in [6.07, 6.45) is 8.69. The highest BCUT2D eigenvalue weighted by Gasteiger charge is 2.25. The Kier molecular flexibility index (Phi) is 10.2. The SMILES string of the molecule is CCCCOc1ccc(CCCC2CCCN(C(=O)NS(=O)(=O)C=Cc3ccccc3C)C2)cc1. The minimum Gasteiger partial charge on any atom is -0.494 e. The van der Waals surface area contributed by atoms with Crippen molar-refractivity contribution < 1.29 is 17.9 Å². The van der Waals surface area contributed by atoms with Crippen LogP contribution in [0.4, 0.5) is 4.79 Å². The van der Waals surface area contributed by atoms with E-state index < -0.39 is 16.1 Å². The predicted molar refractivity (Wildman–Crippen MR) is 142 cm³/mol. The number of unbranched alkanes of at least 4 members (excludes halogenated alkanes) is 1. The molecule has 0 spiro atoms. The van der Waals surface area contributed by atoms with E-state index in [4.69, 9.17) is 4.74 Å². The molecule has 1 saturated heterocycles. The first-order chi connectivity index (χ1) is 16.9. The Morgan fingerprint density at radius 1 is 1.14 bits per heavy atom. The van der Waals surface area contributed by atoms with Crippen LogP contribution in [0, 0.1) is 12.8 Å². The predicted octanol–water partition coefficient (Wildman–Crippen LogP) is 5.92. The minimum absolute atomic E-state index is 0.386. The van der Waals surface area contributed by atoms with Crippen molar-refractivity contribution in [2.75, 3.05) is 19.7 Å². The van der Waals surface area contributed by atoms with Crippen LogP contribution in [0.5, 0.6) is 5.75 Å². The van der Waals surface area contributed by atoms with Gasteiger partial charge in [-0.05, 0) is 86.3 Å². The number of likely N-dealkylation sites (tertiary alicyclic amines) is 1. The lowest BCUT2D eigenvalue weighted by atomic mass is 9.92. The molecule has 7 heteroatoms. The van der Waals surface area contributed by atoms with E-state index in [2.05, 4.69) is 23.8 Å². The summed E-state index contributed by atoms with van der Waals surface area (Å²) in [5, 5.41) is 1.06. The van der Waals surface area contributed by atoms with Crippen LogP contribution < -0.4 is 9.46 Å². The van der Waals surface area contributed by atoms with Crippen LogP contribution in [0.3, 0.4) is 0 Å².